The van der Waals surface area contributed by atoms with E-state index in [0.717, 1.165) is 30.8 Å². The van der Waals surface area contributed by atoms with Crippen LogP contribution in [0.1, 0.15) is 17.5 Å². The Bertz CT molecular complexity index is 1080. The van der Waals surface area contributed by atoms with Gasteiger partial charge in [0.25, 0.3) is 0 Å². The second-order valence-corrected chi connectivity index (χ2v) is 8.78. The molecule has 1 aliphatic rings. The number of para-hydroxylation sites is 1. The van der Waals surface area contributed by atoms with Crippen molar-refractivity contribution in [2.45, 2.75) is 19.5 Å². The first-order chi connectivity index (χ1) is 16.6. The topological polar surface area (TPSA) is 50.8 Å². The SMILES string of the molecule is COc1ccccc1CNC(=O)[C@@H]1C[C@H](COc2cccc(F)c2)CN(Cc2ccccc2)C1. The molecule has 1 fully saturated rings. The highest BCUT2D eigenvalue weighted by Gasteiger charge is 2.32. The zero-order valence-corrected chi connectivity index (χ0v) is 19.5. The van der Waals surface area contributed by atoms with Gasteiger partial charge in [-0.2, -0.15) is 0 Å². The van der Waals surface area contributed by atoms with Crippen LogP contribution in [0.25, 0.3) is 0 Å². The molecule has 1 heterocycles. The number of hydrogen-bond donors (Lipinski definition) is 1. The number of hydrogen-bond acceptors (Lipinski definition) is 4. The predicted molar refractivity (Wildman–Crippen MR) is 130 cm³/mol. The Labute approximate surface area is 200 Å². The number of nitrogens with zero attached hydrogens (tertiary/aromatic N) is 1. The Morgan fingerprint density at radius 3 is 2.62 bits per heavy atom. The summed E-state index contributed by atoms with van der Waals surface area (Å²) < 4.78 is 24.8. The number of piperidine rings is 1. The molecular formula is C28H31FN2O3. The molecule has 34 heavy (non-hydrogen) atoms. The Balaban J connectivity index is 1.41. The van der Waals surface area contributed by atoms with E-state index in [4.69, 9.17) is 9.47 Å². The van der Waals surface area contributed by atoms with Crippen molar-refractivity contribution in [1.82, 2.24) is 10.2 Å². The van der Waals surface area contributed by atoms with E-state index in [1.54, 1.807) is 19.2 Å². The first-order valence-corrected chi connectivity index (χ1v) is 11.6. The van der Waals surface area contributed by atoms with Gasteiger partial charge in [0.1, 0.15) is 17.3 Å². The van der Waals surface area contributed by atoms with Crippen molar-refractivity contribution >= 4 is 5.91 Å². The molecule has 3 aromatic rings. The summed E-state index contributed by atoms with van der Waals surface area (Å²) in [5.41, 5.74) is 2.16. The molecule has 6 heteroatoms. The van der Waals surface area contributed by atoms with Gasteiger partial charge in [-0.3, -0.25) is 9.69 Å². The van der Waals surface area contributed by atoms with Gasteiger partial charge in [-0.15, -0.1) is 0 Å². The van der Waals surface area contributed by atoms with E-state index in [-0.39, 0.29) is 23.6 Å². The summed E-state index contributed by atoms with van der Waals surface area (Å²) in [6, 6.07) is 24.1. The predicted octanol–water partition coefficient (Wildman–Crippen LogP) is 4.67. The van der Waals surface area contributed by atoms with Gasteiger partial charge in [0, 0.05) is 43.7 Å². The molecule has 0 spiro atoms. The number of ether oxygens (including phenoxy) is 2. The zero-order chi connectivity index (χ0) is 23.8. The molecule has 0 bridgehead atoms. The van der Waals surface area contributed by atoms with Gasteiger partial charge < -0.3 is 14.8 Å². The minimum absolute atomic E-state index is 0.0272. The molecule has 1 N–H and O–H groups in total. The summed E-state index contributed by atoms with van der Waals surface area (Å²) in [6.45, 7) is 3.13. The van der Waals surface area contributed by atoms with Gasteiger partial charge in [0.05, 0.1) is 19.6 Å². The number of likely N-dealkylation sites (tertiary alicyclic amines) is 1. The van der Waals surface area contributed by atoms with Crippen LogP contribution in [0.15, 0.2) is 78.9 Å². The molecule has 1 aliphatic heterocycles. The number of rotatable bonds is 9. The van der Waals surface area contributed by atoms with Crippen molar-refractivity contribution in [2.75, 3.05) is 26.8 Å². The maximum absolute atomic E-state index is 13.5. The molecule has 0 aliphatic carbocycles. The van der Waals surface area contributed by atoms with Gasteiger partial charge in [0.2, 0.25) is 5.91 Å². The van der Waals surface area contributed by atoms with Crippen LogP contribution in [0, 0.1) is 17.7 Å². The van der Waals surface area contributed by atoms with E-state index >= 15 is 0 Å². The highest BCUT2D eigenvalue weighted by Crippen LogP contribution is 2.26. The lowest BCUT2D eigenvalue weighted by Crippen LogP contribution is -2.47. The van der Waals surface area contributed by atoms with Crippen molar-refractivity contribution in [1.29, 1.82) is 0 Å². The number of carbonyl (C=O) groups is 1. The third kappa shape index (κ3) is 6.58. The third-order valence-electron chi connectivity index (χ3n) is 6.16. The van der Waals surface area contributed by atoms with Crippen molar-refractivity contribution in [3.05, 3.63) is 95.8 Å². The summed E-state index contributed by atoms with van der Waals surface area (Å²) >= 11 is 0. The monoisotopic (exact) mass is 462 g/mol. The molecule has 178 valence electrons. The van der Waals surface area contributed by atoms with Crippen molar-refractivity contribution < 1.29 is 18.7 Å². The lowest BCUT2D eigenvalue weighted by molar-refractivity contribution is -0.128. The normalized spacial score (nSPS) is 18.3. The zero-order valence-electron chi connectivity index (χ0n) is 19.5. The number of benzene rings is 3. The van der Waals surface area contributed by atoms with E-state index in [9.17, 15) is 9.18 Å². The van der Waals surface area contributed by atoms with E-state index in [1.807, 2.05) is 42.5 Å². The molecule has 5 nitrogen and oxygen atoms in total. The average molecular weight is 463 g/mol. The molecule has 0 saturated carbocycles. The van der Waals surface area contributed by atoms with Gasteiger partial charge in [-0.1, -0.05) is 54.6 Å². The quantitative estimate of drug-likeness (QED) is 0.502. The smallest absolute Gasteiger partial charge is 0.224 e. The number of carbonyl (C=O) groups excluding carboxylic acids is 1. The molecular weight excluding hydrogens is 431 g/mol. The summed E-state index contributed by atoms with van der Waals surface area (Å²) in [7, 11) is 1.63. The van der Waals surface area contributed by atoms with Gasteiger partial charge >= 0.3 is 0 Å². The second kappa shape index (κ2) is 11.7. The van der Waals surface area contributed by atoms with Crippen LogP contribution in [0.3, 0.4) is 0 Å². The van der Waals surface area contributed by atoms with E-state index < -0.39 is 0 Å². The molecule has 3 aromatic carbocycles. The van der Waals surface area contributed by atoms with E-state index in [2.05, 4.69) is 22.3 Å². The van der Waals surface area contributed by atoms with Gasteiger partial charge in [-0.25, -0.2) is 4.39 Å². The molecule has 0 unspecified atom stereocenters. The van der Waals surface area contributed by atoms with E-state index in [0.29, 0.717) is 25.4 Å². The molecule has 1 amide bonds. The Hall–Kier alpha value is -3.38. The van der Waals surface area contributed by atoms with Crippen LogP contribution >= 0.6 is 0 Å². The number of halogens is 1. The molecule has 1 saturated heterocycles. The van der Waals surface area contributed by atoms with Crippen LogP contribution in [0.5, 0.6) is 11.5 Å². The van der Waals surface area contributed by atoms with Crippen molar-refractivity contribution in [3.63, 3.8) is 0 Å². The molecule has 0 aromatic heterocycles. The van der Waals surface area contributed by atoms with Crippen LogP contribution in [-0.4, -0.2) is 37.6 Å². The summed E-state index contributed by atoms with van der Waals surface area (Å²) in [6.07, 6.45) is 0.721. The molecule has 2 atom stereocenters. The first kappa shape index (κ1) is 23.8. The van der Waals surface area contributed by atoms with Crippen LogP contribution in [-0.2, 0) is 17.9 Å². The maximum atomic E-state index is 13.5. The van der Waals surface area contributed by atoms with Crippen LogP contribution in [0.2, 0.25) is 0 Å². The summed E-state index contributed by atoms with van der Waals surface area (Å²) in [4.78, 5) is 15.5. The minimum atomic E-state index is -0.319. The van der Waals surface area contributed by atoms with Crippen molar-refractivity contribution in [3.8, 4) is 11.5 Å². The Morgan fingerprint density at radius 2 is 1.82 bits per heavy atom. The maximum Gasteiger partial charge on any atom is 0.224 e. The lowest BCUT2D eigenvalue weighted by Gasteiger charge is -2.37. The third-order valence-corrected chi connectivity index (χ3v) is 6.16. The first-order valence-electron chi connectivity index (χ1n) is 11.6. The molecule has 4 rings (SSSR count). The Kier molecular flexibility index (Phi) is 8.15. The molecule has 0 radical (unpaired) electrons. The summed E-state index contributed by atoms with van der Waals surface area (Å²) in [5, 5.41) is 3.09. The van der Waals surface area contributed by atoms with Gasteiger partial charge in [-0.05, 0) is 30.2 Å². The lowest BCUT2D eigenvalue weighted by atomic mass is 9.88. The van der Waals surface area contributed by atoms with Gasteiger partial charge in [0.15, 0.2) is 0 Å². The summed E-state index contributed by atoms with van der Waals surface area (Å²) in [5.74, 6) is 0.978. The fourth-order valence-electron chi connectivity index (χ4n) is 4.53. The fraction of sp³-hybridized carbons (Fsp3) is 0.321. The second-order valence-electron chi connectivity index (χ2n) is 8.78. The number of methoxy groups -OCH3 is 1. The number of amides is 1. The average Bonchev–Trinajstić information content (AvgIpc) is 2.87. The largest absolute Gasteiger partial charge is 0.496 e. The minimum Gasteiger partial charge on any atom is -0.496 e. The van der Waals surface area contributed by atoms with E-state index in [1.165, 1.54) is 17.7 Å². The van der Waals surface area contributed by atoms with Crippen molar-refractivity contribution in [2.24, 2.45) is 11.8 Å². The van der Waals surface area contributed by atoms with Crippen LogP contribution < -0.4 is 14.8 Å². The highest BCUT2D eigenvalue weighted by atomic mass is 19.1. The van der Waals surface area contributed by atoms with Crippen LogP contribution in [0.4, 0.5) is 4.39 Å². The number of nitrogens with one attached hydrogen (secondary N) is 1. The Morgan fingerprint density at radius 1 is 1.03 bits per heavy atom. The highest BCUT2D eigenvalue weighted by molar-refractivity contribution is 5.79. The fourth-order valence-corrected chi connectivity index (χ4v) is 4.53. The standard InChI is InChI=1S/C28H31FN2O3/c1-33-27-13-6-5-10-23(27)16-30-28(32)24-14-22(20-34-26-12-7-11-25(29)15-26)18-31(19-24)17-21-8-3-2-4-9-21/h2-13,15,22,24H,14,16-20H2,1H3,(H,30,32)/t22-,24+/m0/s1.